The third-order valence-corrected chi connectivity index (χ3v) is 4.72. The molecule has 0 spiro atoms. The molecule has 1 amide bonds. The van der Waals surface area contributed by atoms with Gasteiger partial charge >= 0.3 is 0 Å². The molecule has 2 rings (SSSR count). The minimum absolute atomic E-state index is 0.00556. The summed E-state index contributed by atoms with van der Waals surface area (Å²) in [5, 5.41) is 8.36. The summed E-state index contributed by atoms with van der Waals surface area (Å²) in [6.45, 7) is 7.29. The van der Waals surface area contributed by atoms with Crippen LogP contribution in [0.15, 0.2) is 23.4 Å². The summed E-state index contributed by atoms with van der Waals surface area (Å²) >= 11 is 1.28. The number of carbonyl (C=O) groups excluding carboxylic acids is 1. The zero-order chi connectivity index (χ0) is 19.1. The van der Waals surface area contributed by atoms with Crippen LogP contribution in [0.5, 0.6) is 11.5 Å². The van der Waals surface area contributed by atoms with E-state index in [0.717, 1.165) is 5.56 Å². The number of methoxy groups -OCH3 is 1. The van der Waals surface area contributed by atoms with Crippen LogP contribution in [0, 0.1) is 6.92 Å². The maximum atomic E-state index is 12.5. The van der Waals surface area contributed by atoms with E-state index in [-0.39, 0.29) is 11.7 Å². The molecule has 0 saturated heterocycles. The Morgan fingerprint density at radius 2 is 2.08 bits per heavy atom. The number of aromatic nitrogens is 3. The average molecular weight is 379 g/mol. The second-order valence-electron chi connectivity index (χ2n) is 5.51. The van der Waals surface area contributed by atoms with Crippen molar-refractivity contribution in [1.29, 1.82) is 0 Å². The zero-order valence-corrected chi connectivity index (χ0v) is 16.4. The molecule has 0 aliphatic heterocycles. The molecule has 0 aliphatic rings. The highest BCUT2D eigenvalue weighted by molar-refractivity contribution is 7.99. The van der Waals surface area contributed by atoms with Crippen LogP contribution in [0.4, 0.5) is 0 Å². The first kappa shape index (κ1) is 19.9. The van der Waals surface area contributed by atoms with E-state index >= 15 is 0 Å². The Kier molecular flexibility index (Phi) is 7.14. The third-order valence-electron chi connectivity index (χ3n) is 3.80. The van der Waals surface area contributed by atoms with E-state index < -0.39 is 0 Å². The molecule has 9 heteroatoms. The van der Waals surface area contributed by atoms with Gasteiger partial charge in [-0.25, -0.2) is 4.68 Å². The SMILES string of the molecule is CCOc1ccc(CN(CC)C(=O)CSc2nnc(C)n2N)cc1OC. The Hall–Kier alpha value is -2.42. The number of benzene rings is 1. The molecular weight excluding hydrogens is 354 g/mol. The fraction of sp³-hybridized carbons (Fsp3) is 0.471. The van der Waals surface area contributed by atoms with Gasteiger partial charge in [-0.05, 0) is 38.5 Å². The molecule has 1 aromatic carbocycles. The molecule has 0 saturated carbocycles. The predicted molar refractivity (Wildman–Crippen MR) is 101 cm³/mol. The van der Waals surface area contributed by atoms with Crippen LogP contribution in [-0.4, -0.2) is 51.7 Å². The normalized spacial score (nSPS) is 10.6. The van der Waals surface area contributed by atoms with Gasteiger partial charge < -0.3 is 20.2 Å². The number of carbonyl (C=O) groups is 1. The Balaban J connectivity index is 2.01. The Bertz CT molecular complexity index is 750. The van der Waals surface area contributed by atoms with Gasteiger partial charge in [-0.3, -0.25) is 4.79 Å². The van der Waals surface area contributed by atoms with Gasteiger partial charge in [0.1, 0.15) is 5.82 Å². The fourth-order valence-electron chi connectivity index (χ4n) is 2.35. The van der Waals surface area contributed by atoms with Gasteiger partial charge in [0.25, 0.3) is 0 Å². The largest absolute Gasteiger partial charge is 0.493 e. The Morgan fingerprint density at radius 3 is 2.65 bits per heavy atom. The first-order chi connectivity index (χ1) is 12.5. The molecule has 1 aromatic heterocycles. The molecule has 1 heterocycles. The molecule has 26 heavy (non-hydrogen) atoms. The summed E-state index contributed by atoms with van der Waals surface area (Å²) in [4.78, 5) is 14.3. The van der Waals surface area contributed by atoms with Crippen molar-refractivity contribution < 1.29 is 14.3 Å². The zero-order valence-electron chi connectivity index (χ0n) is 15.6. The number of rotatable bonds is 9. The van der Waals surface area contributed by atoms with Crippen LogP contribution in [0.1, 0.15) is 25.2 Å². The summed E-state index contributed by atoms with van der Waals surface area (Å²) < 4.78 is 12.3. The first-order valence-corrected chi connectivity index (χ1v) is 9.36. The molecule has 0 atom stereocenters. The molecule has 0 fully saturated rings. The molecular formula is C17H25N5O3S. The van der Waals surface area contributed by atoms with Gasteiger partial charge in [0.05, 0.1) is 19.5 Å². The van der Waals surface area contributed by atoms with Gasteiger partial charge in [0, 0.05) is 13.1 Å². The molecule has 2 aromatic rings. The van der Waals surface area contributed by atoms with Crippen LogP contribution < -0.4 is 15.3 Å². The van der Waals surface area contributed by atoms with E-state index in [1.54, 1.807) is 18.9 Å². The molecule has 0 aliphatic carbocycles. The average Bonchev–Trinajstić information content (AvgIpc) is 2.97. The van der Waals surface area contributed by atoms with E-state index in [1.807, 2.05) is 32.0 Å². The summed E-state index contributed by atoms with van der Waals surface area (Å²) in [7, 11) is 1.60. The van der Waals surface area contributed by atoms with Gasteiger partial charge in [-0.15, -0.1) is 10.2 Å². The van der Waals surface area contributed by atoms with Crippen LogP contribution in [0.2, 0.25) is 0 Å². The van der Waals surface area contributed by atoms with Crippen molar-refractivity contribution in [3.63, 3.8) is 0 Å². The van der Waals surface area contributed by atoms with Crippen LogP contribution in [-0.2, 0) is 11.3 Å². The quantitative estimate of drug-likeness (QED) is 0.525. The number of amides is 1. The number of ether oxygens (including phenoxy) is 2. The summed E-state index contributed by atoms with van der Waals surface area (Å²) in [5.41, 5.74) is 0.975. The maximum Gasteiger partial charge on any atom is 0.233 e. The lowest BCUT2D eigenvalue weighted by molar-refractivity contribution is -0.128. The van der Waals surface area contributed by atoms with Crippen molar-refractivity contribution in [2.24, 2.45) is 0 Å². The van der Waals surface area contributed by atoms with Crippen LogP contribution >= 0.6 is 11.8 Å². The van der Waals surface area contributed by atoms with Crippen molar-refractivity contribution in [1.82, 2.24) is 19.8 Å². The Labute approximate surface area is 157 Å². The molecule has 0 radical (unpaired) electrons. The van der Waals surface area contributed by atoms with E-state index in [1.165, 1.54) is 16.4 Å². The van der Waals surface area contributed by atoms with Crippen molar-refractivity contribution in [3.05, 3.63) is 29.6 Å². The molecule has 8 nitrogen and oxygen atoms in total. The van der Waals surface area contributed by atoms with Gasteiger partial charge in [-0.1, -0.05) is 17.8 Å². The number of nitrogen functional groups attached to an aromatic ring is 1. The minimum Gasteiger partial charge on any atom is -0.493 e. The topological polar surface area (TPSA) is 95.5 Å². The number of aryl methyl sites for hydroxylation is 1. The Morgan fingerprint density at radius 1 is 1.31 bits per heavy atom. The van der Waals surface area contributed by atoms with E-state index in [9.17, 15) is 4.79 Å². The second-order valence-corrected chi connectivity index (χ2v) is 6.46. The highest BCUT2D eigenvalue weighted by atomic mass is 32.2. The van der Waals surface area contributed by atoms with Crippen LogP contribution in [0.3, 0.4) is 0 Å². The van der Waals surface area contributed by atoms with Crippen molar-refractivity contribution >= 4 is 17.7 Å². The number of hydrogen-bond donors (Lipinski definition) is 1. The van der Waals surface area contributed by atoms with Gasteiger partial charge in [0.2, 0.25) is 11.1 Å². The summed E-state index contributed by atoms with van der Waals surface area (Å²) in [5.74, 6) is 8.03. The molecule has 2 N–H and O–H groups in total. The van der Waals surface area contributed by atoms with Crippen LogP contribution in [0.25, 0.3) is 0 Å². The lowest BCUT2D eigenvalue weighted by atomic mass is 10.2. The lowest BCUT2D eigenvalue weighted by Gasteiger charge is -2.21. The first-order valence-electron chi connectivity index (χ1n) is 8.37. The number of nitrogens with zero attached hydrogens (tertiary/aromatic N) is 4. The maximum absolute atomic E-state index is 12.5. The minimum atomic E-state index is 0.00556. The number of hydrogen-bond acceptors (Lipinski definition) is 7. The number of nitrogens with two attached hydrogens (primary N) is 1. The standard InChI is InChI=1S/C17H25N5O3S/c1-5-21(16(23)11-26-17-20-19-12(3)22(17)18)10-13-7-8-14(25-6-2)15(9-13)24-4/h7-9H,5-6,10-11,18H2,1-4H3. The monoisotopic (exact) mass is 379 g/mol. The predicted octanol–water partition coefficient (Wildman–Crippen LogP) is 1.85. The second kappa shape index (κ2) is 9.33. The highest BCUT2D eigenvalue weighted by Crippen LogP contribution is 2.28. The molecule has 0 bridgehead atoms. The van der Waals surface area contributed by atoms with Crippen molar-refractivity contribution in [3.8, 4) is 11.5 Å². The van der Waals surface area contributed by atoms with Crippen molar-refractivity contribution in [2.45, 2.75) is 32.5 Å². The molecule has 142 valence electrons. The number of thioether (sulfide) groups is 1. The smallest absolute Gasteiger partial charge is 0.233 e. The van der Waals surface area contributed by atoms with E-state index in [2.05, 4.69) is 10.2 Å². The summed E-state index contributed by atoms with van der Waals surface area (Å²) in [6.07, 6.45) is 0. The fourth-order valence-corrected chi connectivity index (χ4v) is 3.15. The third kappa shape index (κ3) is 4.81. The van der Waals surface area contributed by atoms with E-state index in [4.69, 9.17) is 15.3 Å². The van der Waals surface area contributed by atoms with Gasteiger partial charge in [0.15, 0.2) is 11.5 Å². The van der Waals surface area contributed by atoms with Gasteiger partial charge in [-0.2, -0.15) is 0 Å². The summed E-state index contributed by atoms with van der Waals surface area (Å²) in [6, 6.07) is 5.70. The van der Waals surface area contributed by atoms with E-state index in [0.29, 0.717) is 42.2 Å². The van der Waals surface area contributed by atoms with Crippen molar-refractivity contribution in [2.75, 3.05) is 31.9 Å². The lowest BCUT2D eigenvalue weighted by Crippen LogP contribution is -2.32. The highest BCUT2D eigenvalue weighted by Gasteiger charge is 2.16. The molecule has 0 unspecified atom stereocenters.